The number of hydrogen-bond acceptors (Lipinski definition) is 2. The van der Waals surface area contributed by atoms with Gasteiger partial charge in [-0.2, -0.15) is 0 Å². The van der Waals surface area contributed by atoms with Crippen LogP contribution >= 0.6 is 27.5 Å². The summed E-state index contributed by atoms with van der Waals surface area (Å²) in [5, 5.41) is 0.731. The molecular weight excluding hydrogens is 434 g/mol. The minimum atomic E-state index is 0.0801. The number of nitrogens with zero attached hydrogens (tertiary/aromatic N) is 1. The summed E-state index contributed by atoms with van der Waals surface area (Å²) in [6.45, 7) is 0.786. The van der Waals surface area contributed by atoms with Gasteiger partial charge in [0, 0.05) is 27.7 Å². The molecule has 144 valence electrons. The van der Waals surface area contributed by atoms with Crippen LogP contribution in [-0.2, 0) is 17.8 Å². The van der Waals surface area contributed by atoms with Crippen LogP contribution in [0, 0.1) is 0 Å². The molecule has 0 heterocycles. The summed E-state index contributed by atoms with van der Waals surface area (Å²) in [5.41, 5.74) is 4.24. The Kier molecular flexibility index (Phi) is 7.43. The van der Waals surface area contributed by atoms with Crippen LogP contribution in [0.25, 0.3) is 0 Å². The van der Waals surface area contributed by atoms with Gasteiger partial charge in [0.1, 0.15) is 6.29 Å². The molecular formula is C24H23BrClNO. The number of benzene rings is 2. The zero-order chi connectivity index (χ0) is 19.9. The Morgan fingerprint density at radius 1 is 1.18 bits per heavy atom. The third-order valence-electron chi connectivity index (χ3n) is 4.90. The monoisotopic (exact) mass is 455 g/mol. The van der Waals surface area contributed by atoms with E-state index in [0.717, 1.165) is 46.3 Å². The molecule has 0 aliphatic heterocycles. The minimum absolute atomic E-state index is 0.0801. The van der Waals surface area contributed by atoms with Crippen molar-refractivity contribution in [1.82, 2.24) is 4.90 Å². The first-order valence-electron chi connectivity index (χ1n) is 9.28. The smallest absolute Gasteiger partial charge is 0.150 e. The Morgan fingerprint density at radius 3 is 2.68 bits per heavy atom. The molecule has 4 heteroatoms. The Bertz CT molecular complexity index is 914. The van der Waals surface area contributed by atoms with E-state index in [4.69, 9.17) is 11.6 Å². The predicted molar refractivity (Wildman–Crippen MR) is 121 cm³/mol. The molecule has 2 aromatic carbocycles. The van der Waals surface area contributed by atoms with Gasteiger partial charge >= 0.3 is 0 Å². The highest BCUT2D eigenvalue weighted by Gasteiger charge is 2.23. The van der Waals surface area contributed by atoms with Gasteiger partial charge in [-0.05, 0) is 60.9 Å². The molecule has 2 aromatic rings. The number of carbonyl (C=O) groups excluding carboxylic acids is 1. The molecule has 3 rings (SSSR count). The summed E-state index contributed by atoms with van der Waals surface area (Å²) in [6.07, 6.45) is 10.7. The van der Waals surface area contributed by atoms with Crippen molar-refractivity contribution in [3.05, 3.63) is 105 Å². The molecule has 1 unspecified atom stereocenters. The summed E-state index contributed by atoms with van der Waals surface area (Å²) in [7, 11) is 2.11. The molecule has 0 spiro atoms. The second-order valence-electron chi connectivity index (χ2n) is 6.95. The molecule has 0 radical (unpaired) electrons. The average Bonchev–Trinajstić information content (AvgIpc) is 2.92. The molecule has 0 saturated carbocycles. The number of halogens is 2. The first kappa shape index (κ1) is 20.8. The maximum absolute atomic E-state index is 11.8. The molecule has 28 heavy (non-hydrogen) atoms. The van der Waals surface area contributed by atoms with Gasteiger partial charge in [-0.1, -0.05) is 76.1 Å². The molecule has 1 aliphatic carbocycles. The predicted octanol–water partition coefficient (Wildman–Crippen LogP) is 6.16. The Morgan fingerprint density at radius 2 is 1.96 bits per heavy atom. The number of aldehydes is 1. The summed E-state index contributed by atoms with van der Waals surface area (Å²) >= 11 is 9.61. The summed E-state index contributed by atoms with van der Waals surface area (Å²) in [5.74, 6) is 0. The molecule has 0 saturated heterocycles. The van der Waals surface area contributed by atoms with Crippen LogP contribution in [0.3, 0.4) is 0 Å². The van der Waals surface area contributed by atoms with E-state index in [0.29, 0.717) is 0 Å². The first-order chi connectivity index (χ1) is 13.6. The fourth-order valence-corrected chi connectivity index (χ4v) is 4.05. The lowest BCUT2D eigenvalue weighted by atomic mass is 9.91. The topological polar surface area (TPSA) is 20.3 Å². The highest BCUT2D eigenvalue weighted by atomic mass is 79.9. The van der Waals surface area contributed by atoms with E-state index in [1.165, 1.54) is 11.1 Å². The van der Waals surface area contributed by atoms with Crippen molar-refractivity contribution in [1.29, 1.82) is 0 Å². The third kappa shape index (κ3) is 5.54. The quantitative estimate of drug-likeness (QED) is 0.465. The van der Waals surface area contributed by atoms with Gasteiger partial charge in [0.15, 0.2) is 0 Å². The van der Waals surface area contributed by atoms with Gasteiger partial charge in [-0.3, -0.25) is 9.69 Å². The van der Waals surface area contributed by atoms with Crippen molar-refractivity contribution in [2.45, 2.75) is 25.4 Å². The Labute approximate surface area is 180 Å². The van der Waals surface area contributed by atoms with Crippen molar-refractivity contribution in [3.8, 4) is 0 Å². The minimum Gasteiger partial charge on any atom is -0.298 e. The van der Waals surface area contributed by atoms with Crippen molar-refractivity contribution in [2.75, 3.05) is 7.05 Å². The number of allylic oxidation sites excluding steroid dienone is 4. The second kappa shape index (κ2) is 10.0. The van der Waals surface area contributed by atoms with E-state index in [-0.39, 0.29) is 6.04 Å². The highest BCUT2D eigenvalue weighted by Crippen LogP contribution is 2.26. The van der Waals surface area contributed by atoms with Crippen LogP contribution in [-0.4, -0.2) is 24.3 Å². The average molecular weight is 457 g/mol. The van der Waals surface area contributed by atoms with Crippen LogP contribution < -0.4 is 0 Å². The van der Waals surface area contributed by atoms with Crippen LogP contribution in [0.2, 0.25) is 5.02 Å². The van der Waals surface area contributed by atoms with E-state index in [1.54, 1.807) is 0 Å². The number of carbonyl (C=O) groups is 1. The van der Waals surface area contributed by atoms with E-state index >= 15 is 0 Å². The maximum atomic E-state index is 11.8. The van der Waals surface area contributed by atoms with Crippen molar-refractivity contribution in [3.63, 3.8) is 0 Å². The molecule has 1 atom stereocenters. The van der Waals surface area contributed by atoms with Gasteiger partial charge in [0.25, 0.3) is 0 Å². The van der Waals surface area contributed by atoms with Gasteiger partial charge in [-0.25, -0.2) is 0 Å². The van der Waals surface area contributed by atoms with E-state index < -0.39 is 0 Å². The van der Waals surface area contributed by atoms with E-state index in [9.17, 15) is 4.79 Å². The zero-order valence-electron chi connectivity index (χ0n) is 15.8. The van der Waals surface area contributed by atoms with E-state index in [1.807, 2.05) is 36.4 Å². The standard InChI is InChI=1S/C24H23BrClNO/c1-27(16-19-6-5-8-21(25)14-19)24(15-18-10-12-22(26)13-11-18)23-9-4-2-3-7-20(23)17-28/h2-3,5-14,17,24H,4,15-16H2,1H3. The van der Waals surface area contributed by atoms with Gasteiger partial charge in [-0.15, -0.1) is 0 Å². The number of rotatable bonds is 7. The largest absolute Gasteiger partial charge is 0.298 e. The Balaban J connectivity index is 1.92. The SMILES string of the molecule is CN(Cc1cccc(Br)c1)C(Cc1ccc(Cl)cc1)C1=CCC=CC=C1C=O. The van der Waals surface area contributed by atoms with Crippen LogP contribution in [0.1, 0.15) is 17.5 Å². The van der Waals surface area contributed by atoms with Crippen molar-refractivity contribution >= 4 is 33.8 Å². The fourth-order valence-electron chi connectivity index (χ4n) is 3.48. The molecule has 0 amide bonds. The summed E-state index contributed by atoms with van der Waals surface area (Å²) < 4.78 is 1.07. The van der Waals surface area contributed by atoms with Gasteiger partial charge in [0.05, 0.1) is 0 Å². The van der Waals surface area contributed by atoms with Crippen molar-refractivity contribution < 1.29 is 4.79 Å². The van der Waals surface area contributed by atoms with Crippen LogP contribution in [0.4, 0.5) is 0 Å². The lowest BCUT2D eigenvalue weighted by Crippen LogP contribution is -2.35. The maximum Gasteiger partial charge on any atom is 0.150 e. The molecule has 0 fully saturated rings. The molecule has 1 aliphatic rings. The number of hydrogen-bond donors (Lipinski definition) is 0. The van der Waals surface area contributed by atoms with Gasteiger partial charge < -0.3 is 0 Å². The molecule has 0 N–H and O–H groups in total. The lowest BCUT2D eigenvalue weighted by Gasteiger charge is -2.31. The second-order valence-corrected chi connectivity index (χ2v) is 8.31. The number of likely N-dealkylation sites (N-methyl/N-ethyl adjacent to an activating group) is 1. The zero-order valence-corrected chi connectivity index (χ0v) is 18.2. The van der Waals surface area contributed by atoms with Crippen LogP contribution in [0.15, 0.2) is 88.5 Å². The Hall–Kier alpha value is -1.94. The lowest BCUT2D eigenvalue weighted by molar-refractivity contribution is -0.104. The molecule has 2 nitrogen and oxygen atoms in total. The molecule has 0 aromatic heterocycles. The molecule has 0 bridgehead atoms. The summed E-state index contributed by atoms with van der Waals surface area (Å²) in [6, 6.07) is 16.4. The third-order valence-corrected chi connectivity index (χ3v) is 5.65. The van der Waals surface area contributed by atoms with Crippen molar-refractivity contribution in [2.24, 2.45) is 0 Å². The normalized spacial score (nSPS) is 15.0. The van der Waals surface area contributed by atoms with Gasteiger partial charge in [0.2, 0.25) is 0 Å². The van der Waals surface area contributed by atoms with E-state index in [2.05, 4.69) is 64.3 Å². The highest BCUT2D eigenvalue weighted by molar-refractivity contribution is 9.10. The summed E-state index contributed by atoms with van der Waals surface area (Å²) in [4.78, 5) is 14.1. The first-order valence-corrected chi connectivity index (χ1v) is 10.5. The fraction of sp³-hybridized carbons (Fsp3) is 0.208. The van der Waals surface area contributed by atoms with Crippen LogP contribution in [0.5, 0.6) is 0 Å².